The average Bonchev–Trinajstić information content (AvgIpc) is 2.87. The summed E-state index contributed by atoms with van der Waals surface area (Å²) in [4.78, 5) is 11.8. The highest BCUT2D eigenvalue weighted by Crippen LogP contribution is 2.23. The lowest BCUT2D eigenvalue weighted by Gasteiger charge is -2.12. The predicted molar refractivity (Wildman–Crippen MR) is 82.5 cm³/mol. The fourth-order valence-electron chi connectivity index (χ4n) is 2.04. The highest BCUT2D eigenvalue weighted by Gasteiger charge is 2.19. The molecule has 1 heterocycles. The van der Waals surface area contributed by atoms with Crippen molar-refractivity contribution in [3.8, 4) is 0 Å². The summed E-state index contributed by atoms with van der Waals surface area (Å²) < 4.78 is 1.50. The van der Waals surface area contributed by atoms with E-state index in [0.29, 0.717) is 16.4 Å². The highest BCUT2D eigenvalue weighted by atomic mass is 35.5. The second-order valence-electron chi connectivity index (χ2n) is 5.11. The number of rotatable bonds is 6. The molecule has 6 heteroatoms. The number of benzene rings is 1. The van der Waals surface area contributed by atoms with E-state index < -0.39 is 6.10 Å². The first-order chi connectivity index (χ1) is 10.0. The van der Waals surface area contributed by atoms with Crippen LogP contribution in [0, 0.1) is 0 Å². The van der Waals surface area contributed by atoms with Gasteiger partial charge >= 0.3 is 0 Å². The van der Waals surface area contributed by atoms with Gasteiger partial charge in [0.1, 0.15) is 13.2 Å². The Kier molecular flexibility index (Phi) is 5.22. The molecule has 2 aromatic rings. The molecule has 1 aromatic heterocycles. The van der Waals surface area contributed by atoms with Gasteiger partial charge in [0, 0.05) is 18.0 Å². The molecule has 0 radical (unpaired) electrons. The number of hydrogen-bond acceptors (Lipinski definition) is 4. The van der Waals surface area contributed by atoms with Crippen LogP contribution in [0.2, 0.25) is 5.02 Å². The molecular formula is C15H20ClN3O2. The van der Waals surface area contributed by atoms with E-state index in [2.05, 4.69) is 9.88 Å². The van der Waals surface area contributed by atoms with Gasteiger partial charge in [-0.1, -0.05) is 23.7 Å². The zero-order chi connectivity index (χ0) is 15.4. The maximum Gasteiger partial charge on any atom is 0.178 e. The van der Waals surface area contributed by atoms with E-state index in [1.807, 2.05) is 20.2 Å². The molecule has 2 rings (SSSR count). The first-order valence-corrected chi connectivity index (χ1v) is 7.10. The predicted octanol–water partition coefficient (Wildman–Crippen LogP) is 1.78. The Bertz CT molecular complexity index is 598. The van der Waals surface area contributed by atoms with Gasteiger partial charge in [0.2, 0.25) is 0 Å². The Hall–Kier alpha value is -1.56. The van der Waals surface area contributed by atoms with Crippen LogP contribution < -0.4 is 4.84 Å². The summed E-state index contributed by atoms with van der Waals surface area (Å²) in [7, 11) is 5.57. The molecule has 0 saturated heterocycles. The molecule has 0 aliphatic rings. The van der Waals surface area contributed by atoms with Gasteiger partial charge in [0.25, 0.3) is 0 Å². The van der Waals surface area contributed by atoms with Crippen molar-refractivity contribution in [3.05, 3.63) is 52.6 Å². The average molecular weight is 310 g/mol. The van der Waals surface area contributed by atoms with Crippen LogP contribution in [0.4, 0.5) is 0 Å². The summed E-state index contributed by atoms with van der Waals surface area (Å²) in [5.41, 5.74) is 1.56. The van der Waals surface area contributed by atoms with Gasteiger partial charge in [-0.15, -0.1) is 0 Å². The number of likely N-dealkylation sites (N-methyl/N-ethyl adjacent to an activating group) is 1. The summed E-state index contributed by atoms with van der Waals surface area (Å²) in [5.74, 6) is 0.452. The monoisotopic (exact) mass is 309 g/mol. The van der Waals surface area contributed by atoms with Crippen molar-refractivity contribution in [1.29, 1.82) is 0 Å². The smallest absolute Gasteiger partial charge is 0.178 e. The minimum Gasteiger partial charge on any atom is -0.416 e. The minimum absolute atomic E-state index is 0.452. The number of aliphatic hydroxyl groups excluding tert-OH is 1. The fourth-order valence-corrected chi connectivity index (χ4v) is 2.24. The zero-order valence-corrected chi connectivity index (χ0v) is 13.2. The Labute approximate surface area is 129 Å². The topological polar surface area (TPSA) is 50.5 Å². The number of hydrogen-bond donors (Lipinski definition) is 1. The van der Waals surface area contributed by atoms with Crippen LogP contribution in [-0.2, 0) is 6.42 Å². The van der Waals surface area contributed by atoms with Crippen LogP contribution >= 0.6 is 11.6 Å². The molecule has 0 spiro atoms. The van der Waals surface area contributed by atoms with E-state index in [-0.39, 0.29) is 0 Å². The molecule has 0 bridgehead atoms. The quantitative estimate of drug-likeness (QED) is 0.884. The second kappa shape index (κ2) is 6.93. The van der Waals surface area contributed by atoms with Crippen molar-refractivity contribution in [1.82, 2.24) is 14.6 Å². The summed E-state index contributed by atoms with van der Waals surface area (Å²) >= 11 is 5.96. The lowest BCUT2D eigenvalue weighted by Crippen LogP contribution is -2.15. The van der Waals surface area contributed by atoms with E-state index in [4.69, 9.17) is 16.4 Å². The normalized spacial score (nSPS) is 12.7. The number of nitrogens with zero attached hydrogens (tertiary/aromatic N) is 3. The maximum atomic E-state index is 10.5. The Balaban J connectivity index is 2.25. The van der Waals surface area contributed by atoms with Crippen molar-refractivity contribution in [2.75, 3.05) is 27.7 Å². The molecular weight excluding hydrogens is 290 g/mol. The fraction of sp³-hybridized carbons (Fsp3) is 0.400. The Morgan fingerprint density at radius 1 is 1.43 bits per heavy atom. The summed E-state index contributed by atoms with van der Waals surface area (Å²) in [6.07, 6.45) is 1.71. The maximum absolute atomic E-state index is 10.5. The van der Waals surface area contributed by atoms with Gasteiger partial charge in [-0.3, -0.25) is 0 Å². The molecule has 0 aliphatic heterocycles. The molecule has 1 unspecified atom stereocenters. The van der Waals surface area contributed by atoms with Crippen LogP contribution in [0.1, 0.15) is 23.2 Å². The van der Waals surface area contributed by atoms with E-state index >= 15 is 0 Å². The molecule has 0 amide bonds. The second-order valence-corrected chi connectivity index (χ2v) is 5.55. The molecule has 0 aliphatic carbocycles. The van der Waals surface area contributed by atoms with Crippen molar-refractivity contribution >= 4 is 11.6 Å². The standard InChI is InChI=1S/C15H20ClN3O2/c1-18(2)8-7-13-10-19(21-3)15(17-13)14(20)11-5-4-6-12(16)9-11/h4-6,9-10,14,20H,7-8H2,1-3H3. The molecule has 0 fully saturated rings. The Morgan fingerprint density at radius 2 is 2.19 bits per heavy atom. The van der Waals surface area contributed by atoms with E-state index in [9.17, 15) is 5.11 Å². The SMILES string of the molecule is COn1cc(CCN(C)C)nc1C(O)c1cccc(Cl)c1. The highest BCUT2D eigenvalue weighted by molar-refractivity contribution is 6.30. The third kappa shape index (κ3) is 3.97. The summed E-state index contributed by atoms with van der Waals surface area (Å²) in [5, 5.41) is 11.1. The van der Waals surface area contributed by atoms with Crippen molar-refractivity contribution in [3.63, 3.8) is 0 Å². The number of aliphatic hydroxyl groups is 1. The van der Waals surface area contributed by atoms with Gasteiger partial charge in [-0.2, -0.15) is 4.73 Å². The molecule has 1 N–H and O–H groups in total. The zero-order valence-electron chi connectivity index (χ0n) is 12.5. The van der Waals surface area contributed by atoms with Crippen LogP contribution in [0.3, 0.4) is 0 Å². The van der Waals surface area contributed by atoms with Crippen LogP contribution in [0.5, 0.6) is 0 Å². The molecule has 5 nitrogen and oxygen atoms in total. The van der Waals surface area contributed by atoms with Gasteiger partial charge in [0.05, 0.1) is 11.9 Å². The van der Waals surface area contributed by atoms with Gasteiger partial charge in [-0.05, 0) is 31.8 Å². The molecule has 114 valence electrons. The molecule has 0 saturated carbocycles. The first kappa shape index (κ1) is 15.8. The number of halogens is 1. The third-order valence-corrected chi connectivity index (χ3v) is 3.41. The van der Waals surface area contributed by atoms with Crippen LogP contribution in [0.25, 0.3) is 0 Å². The number of imidazole rings is 1. The van der Waals surface area contributed by atoms with E-state index in [0.717, 1.165) is 18.7 Å². The lowest BCUT2D eigenvalue weighted by molar-refractivity contribution is 0.121. The minimum atomic E-state index is -0.878. The Morgan fingerprint density at radius 3 is 2.81 bits per heavy atom. The molecule has 1 atom stereocenters. The van der Waals surface area contributed by atoms with Gasteiger partial charge in [-0.25, -0.2) is 4.98 Å². The van der Waals surface area contributed by atoms with Crippen LogP contribution in [0.15, 0.2) is 30.5 Å². The van der Waals surface area contributed by atoms with Gasteiger partial charge < -0.3 is 14.8 Å². The lowest BCUT2D eigenvalue weighted by atomic mass is 10.1. The third-order valence-electron chi connectivity index (χ3n) is 3.17. The molecule has 1 aromatic carbocycles. The van der Waals surface area contributed by atoms with Crippen molar-refractivity contribution in [2.45, 2.75) is 12.5 Å². The van der Waals surface area contributed by atoms with Gasteiger partial charge in [0.15, 0.2) is 5.82 Å². The van der Waals surface area contributed by atoms with Crippen molar-refractivity contribution in [2.24, 2.45) is 0 Å². The molecule has 21 heavy (non-hydrogen) atoms. The first-order valence-electron chi connectivity index (χ1n) is 6.72. The van der Waals surface area contributed by atoms with Crippen LogP contribution in [-0.4, -0.2) is 47.5 Å². The summed E-state index contributed by atoms with van der Waals surface area (Å²) in [6, 6.07) is 7.10. The van der Waals surface area contributed by atoms with E-state index in [1.165, 1.54) is 4.73 Å². The largest absolute Gasteiger partial charge is 0.416 e. The van der Waals surface area contributed by atoms with Crippen molar-refractivity contribution < 1.29 is 9.94 Å². The number of aromatic nitrogens is 2. The summed E-state index contributed by atoms with van der Waals surface area (Å²) in [6.45, 7) is 0.882. The van der Waals surface area contributed by atoms with E-state index in [1.54, 1.807) is 31.5 Å².